The lowest BCUT2D eigenvalue weighted by Crippen LogP contribution is -2.56. The molecule has 2 aliphatic heterocycles. The van der Waals surface area contributed by atoms with E-state index in [1.807, 2.05) is 0 Å². The van der Waals surface area contributed by atoms with Gasteiger partial charge in [-0.2, -0.15) is 25.3 Å². The number of likely N-dealkylation sites (N-methyl/N-ethyl adjacent to an activating group) is 1. The first-order chi connectivity index (χ1) is 16.2. The first-order valence-electron chi connectivity index (χ1n) is 10.9. The Hall–Kier alpha value is -2.41. The van der Waals surface area contributed by atoms with E-state index in [0.29, 0.717) is 24.0 Å². The third-order valence-electron chi connectivity index (χ3n) is 5.85. The Bertz CT molecular complexity index is 955. The summed E-state index contributed by atoms with van der Waals surface area (Å²) in [5, 5.41) is -0.702. The molecule has 3 rings (SSSR count). The fourth-order valence-electron chi connectivity index (χ4n) is 3.87. The highest BCUT2D eigenvalue weighted by atomic mass is 32.1. The average Bonchev–Trinajstić information content (AvgIpc) is 3.11. The van der Waals surface area contributed by atoms with Crippen molar-refractivity contribution in [3.8, 4) is 0 Å². The van der Waals surface area contributed by atoms with E-state index in [0.717, 1.165) is 4.90 Å². The number of imide groups is 2. The minimum absolute atomic E-state index is 0.0130. The van der Waals surface area contributed by atoms with Crippen molar-refractivity contribution in [1.82, 2.24) is 14.7 Å². The van der Waals surface area contributed by atoms with Crippen LogP contribution in [-0.2, 0) is 14.3 Å². The van der Waals surface area contributed by atoms with Gasteiger partial charge in [0.1, 0.15) is 6.10 Å². The largest absolute Gasteiger partial charge is 0.367 e. The number of ketones is 1. The molecular weight excluding hydrogens is 480 g/mol. The summed E-state index contributed by atoms with van der Waals surface area (Å²) in [6.45, 7) is 0.525. The Morgan fingerprint density at radius 1 is 1.21 bits per heavy atom. The van der Waals surface area contributed by atoms with Crippen molar-refractivity contribution in [2.24, 2.45) is 5.73 Å². The highest BCUT2D eigenvalue weighted by molar-refractivity contribution is 7.81. The number of benzene rings is 1. The van der Waals surface area contributed by atoms with Crippen molar-refractivity contribution in [1.29, 1.82) is 0 Å². The molecule has 10 nitrogen and oxygen atoms in total. The van der Waals surface area contributed by atoms with E-state index in [2.05, 4.69) is 25.3 Å². The van der Waals surface area contributed by atoms with Gasteiger partial charge < -0.3 is 15.4 Å². The van der Waals surface area contributed by atoms with Gasteiger partial charge in [-0.25, -0.2) is 4.79 Å². The second kappa shape index (κ2) is 11.3. The lowest BCUT2D eigenvalue weighted by molar-refractivity contribution is -0.135. The number of hydrogen-bond acceptors (Lipinski definition) is 9. The topological polar surface area (TPSA) is 130 Å². The van der Waals surface area contributed by atoms with Gasteiger partial charge in [0.2, 0.25) is 5.91 Å². The number of fused-ring (bicyclic) bond motifs is 1. The minimum Gasteiger partial charge on any atom is -0.367 e. The van der Waals surface area contributed by atoms with Gasteiger partial charge in [-0.15, -0.1) is 0 Å². The van der Waals surface area contributed by atoms with Crippen LogP contribution in [0.1, 0.15) is 33.6 Å². The van der Waals surface area contributed by atoms with Crippen LogP contribution in [0.3, 0.4) is 0 Å². The highest BCUT2D eigenvalue weighted by Crippen LogP contribution is 2.23. The molecule has 1 aromatic carbocycles. The third-order valence-corrected chi connectivity index (χ3v) is 6.76. The van der Waals surface area contributed by atoms with Gasteiger partial charge >= 0.3 is 6.03 Å². The molecule has 3 atom stereocenters. The van der Waals surface area contributed by atoms with E-state index in [1.165, 1.54) is 16.8 Å². The average molecular weight is 509 g/mol. The number of morpholine rings is 1. The van der Waals surface area contributed by atoms with Crippen molar-refractivity contribution in [3.63, 3.8) is 0 Å². The van der Waals surface area contributed by atoms with E-state index < -0.39 is 29.3 Å². The molecule has 0 radical (unpaired) electrons. The van der Waals surface area contributed by atoms with E-state index in [4.69, 9.17) is 10.5 Å². The molecule has 12 heteroatoms. The monoisotopic (exact) mass is 508 g/mol. The Balaban J connectivity index is 1.51. The van der Waals surface area contributed by atoms with Crippen LogP contribution in [0.5, 0.6) is 0 Å². The van der Waals surface area contributed by atoms with Crippen LogP contribution in [0.4, 0.5) is 4.79 Å². The summed E-state index contributed by atoms with van der Waals surface area (Å²) < 4.78 is 5.55. The fraction of sp³-hybridized carbons (Fsp3) is 0.500. The summed E-state index contributed by atoms with van der Waals surface area (Å²) >= 11 is 8.37. The standard InChI is InChI=1S/C22H28N4O6S2/c1-24(21(30)15(23)12-33)22(31)25-9-10-32-16(11-25)18(27)17(34)7-4-8-26-19(28)13-5-2-3-6-14(13)20(26)29/h2-3,5-6,15-17,33-34H,4,7-12,23H2,1H3/t15?,16?,17-/m0/s1. The van der Waals surface area contributed by atoms with Gasteiger partial charge in [-0.3, -0.25) is 29.0 Å². The molecule has 2 unspecified atom stereocenters. The molecule has 5 amide bonds. The Morgan fingerprint density at radius 3 is 2.41 bits per heavy atom. The van der Waals surface area contributed by atoms with Crippen LogP contribution >= 0.6 is 25.3 Å². The number of nitrogens with two attached hydrogens (primary N) is 1. The molecule has 1 aromatic rings. The molecular formula is C22H28N4O6S2. The molecule has 0 saturated carbocycles. The van der Waals surface area contributed by atoms with E-state index in [9.17, 15) is 24.0 Å². The summed E-state index contributed by atoms with van der Waals surface area (Å²) in [6.07, 6.45) is -0.181. The molecule has 1 saturated heterocycles. The zero-order valence-corrected chi connectivity index (χ0v) is 20.5. The number of thiol groups is 2. The Kier molecular flexibility index (Phi) is 8.74. The number of ether oxygens (including phenoxy) is 1. The number of urea groups is 1. The van der Waals surface area contributed by atoms with Gasteiger partial charge in [0, 0.05) is 25.9 Å². The molecule has 184 valence electrons. The van der Waals surface area contributed by atoms with E-state index >= 15 is 0 Å². The summed E-state index contributed by atoms with van der Waals surface area (Å²) in [4.78, 5) is 66.1. The second-order valence-corrected chi connectivity index (χ2v) is 9.13. The first kappa shape index (κ1) is 26.2. The van der Waals surface area contributed by atoms with Crippen molar-refractivity contribution < 1.29 is 28.7 Å². The smallest absolute Gasteiger partial charge is 0.326 e. The lowest BCUT2D eigenvalue weighted by atomic mass is 10.1. The maximum Gasteiger partial charge on any atom is 0.326 e. The molecule has 0 bridgehead atoms. The number of hydrogen-bond donors (Lipinski definition) is 3. The maximum absolute atomic E-state index is 12.9. The number of carbonyl (C=O) groups excluding carboxylic acids is 5. The van der Waals surface area contributed by atoms with Crippen LogP contribution in [-0.4, -0.2) is 101 Å². The van der Waals surface area contributed by atoms with Crippen LogP contribution in [0.25, 0.3) is 0 Å². The summed E-state index contributed by atoms with van der Waals surface area (Å²) in [5.41, 5.74) is 6.42. The van der Waals surface area contributed by atoms with Gasteiger partial charge in [0.15, 0.2) is 5.78 Å². The second-order valence-electron chi connectivity index (χ2n) is 8.14. The van der Waals surface area contributed by atoms with Gasteiger partial charge in [-0.05, 0) is 25.0 Å². The van der Waals surface area contributed by atoms with Crippen LogP contribution in [0.15, 0.2) is 24.3 Å². The number of amides is 5. The molecule has 2 heterocycles. The number of carbonyl (C=O) groups is 5. The molecule has 1 fully saturated rings. The van der Waals surface area contributed by atoms with E-state index in [1.54, 1.807) is 24.3 Å². The molecule has 2 N–H and O–H groups in total. The molecule has 2 aliphatic rings. The summed E-state index contributed by atoms with van der Waals surface area (Å²) in [5.74, 6) is -1.45. The predicted molar refractivity (Wildman–Crippen MR) is 130 cm³/mol. The zero-order chi connectivity index (χ0) is 25.0. The maximum atomic E-state index is 12.9. The van der Waals surface area contributed by atoms with Gasteiger partial charge in [0.05, 0.1) is 35.6 Å². The zero-order valence-electron chi connectivity index (χ0n) is 18.8. The van der Waals surface area contributed by atoms with E-state index in [-0.39, 0.29) is 49.6 Å². The Morgan fingerprint density at radius 2 is 1.82 bits per heavy atom. The summed E-state index contributed by atoms with van der Waals surface area (Å²) in [6, 6.07) is 5.17. The minimum atomic E-state index is -0.903. The predicted octanol–water partition coefficient (Wildman–Crippen LogP) is 0.467. The van der Waals surface area contributed by atoms with Crippen LogP contribution < -0.4 is 5.73 Å². The number of nitrogens with zero attached hydrogens (tertiary/aromatic N) is 3. The molecule has 0 aromatic heterocycles. The quantitative estimate of drug-likeness (QED) is 0.344. The first-order valence-corrected chi connectivity index (χ1v) is 12.0. The van der Waals surface area contributed by atoms with Crippen molar-refractivity contribution in [2.45, 2.75) is 30.2 Å². The number of rotatable bonds is 8. The third kappa shape index (κ3) is 5.45. The molecule has 0 aliphatic carbocycles. The SMILES string of the molecule is CN(C(=O)C(N)CS)C(=O)N1CCOC(C(=O)[C@@H](S)CCCN2C(=O)c3ccccc3C2=O)C1. The normalized spacial score (nSPS) is 19.6. The highest BCUT2D eigenvalue weighted by Gasteiger charge is 2.36. The van der Waals surface area contributed by atoms with Crippen LogP contribution in [0, 0.1) is 0 Å². The molecule has 34 heavy (non-hydrogen) atoms. The van der Waals surface area contributed by atoms with Gasteiger partial charge in [0.25, 0.3) is 11.8 Å². The van der Waals surface area contributed by atoms with Crippen molar-refractivity contribution in [3.05, 3.63) is 35.4 Å². The van der Waals surface area contributed by atoms with Crippen molar-refractivity contribution in [2.75, 3.05) is 39.0 Å². The Labute approximate surface area is 208 Å². The fourth-order valence-corrected chi connectivity index (χ4v) is 4.38. The van der Waals surface area contributed by atoms with Crippen molar-refractivity contribution >= 4 is 54.8 Å². The summed E-state index contributed by atoms with van der Waals surface area (Å²) in [7, 11) is 1.33. The lowest BCUT2D eigenvalue weighted by Gasteiger charge is -2.35. The van der Waals surface area contributed by atoms with Gasteiger partial charge in [-0.1, -0.05) is 12.1 Å². The van der Waals surface area contributed by atoms with Crippen LogP contribution in [0.2, 0.25) is 0 Å². The molecule has 0 spiro atoms. The number of Topliss-reactive ketones (excluding diaryl/α,β-unsaturated/α-hetero) is 1.